The molecule has 1 atom stereocenters. The van der Waals surface area contributed by atoms with Gasteiger partial charge in [0.25, 0.3) is 0 Å². The van der Waals surface area contributed by atoms with Gasteiger partial charge in [-0.1, -0.05) is 28.1 Å². The Morgan fingerprint density at radius 3 is 2.58 bits per heavy atom. The van der Waals surface area contributed by atoms with Gasteiger partial charge in [-0.2, -0.15) is 0 Å². The van der Waals surface area contributed by atoms with Crippen molar-refractivity contribution in [3.8, 4) is 0 Å². The summed E-state index contributed by atoms with van der Waals surface area (Å²) in [6.45, 7) is 3.08. The molecule has 102 valence electrons. The summed E-state index contributed by atoms with van der Waals surface area (Å²) in [4.78, 5) is 4.57. The lowest BCUT2D eigenvalue weighted by Crippen LogP contribution is -2.22. The summed E-state index contributed by atoms with van der Waals surface area (Å²) in [6, 6.07) is 8.61. The quantitative estimate of drug-likeness (QED) is 0.865. The number of hydrogen-bond acceptors (Lipinski definition) is 3. The largest absolute Gasteiger partial charge is 0.319 e. The average Bonchev–Trinajstić information content (AvgIpc) is 2.78. The van der Waals surface area contributed by atoms with Gasteiger partial charge >= 0.3 is 0 Å². The van der Waals surface area contributed by atoms with Gasteiger partial charge in [-0.15, -0.1) is 11.3 Å². The zero-order chi connectivity index (χ0) is 13.7. The molecule has 2 aromatic rings. The lowest BCUT2D eigenvalue weighted by Gasteiger charge is -2.15. The molecule has 19 heavy (non-hydrogen) atoms. The standard InChI is InChI=1S/C15H19BrN2S/c1-11-10-19-15(18-11)8-13(9-17-2)7-12-3-5-14(16)6-4-12/h3-6,10,13,17H,7-9H2,1-2H3. The SMILES string of the molecule is CNCC(Cc1ccc(Br)cc1)Cc1nc(C)cs1. The van der Waals surface area contributed by atoms with Crippen molar-refractivity contribution in [1.82, 2.24) is 10.3 Å². The predicted molar refractivity (Wildman–Crippen MR) is 85.8 cm³/mol. The molecule has 0 saturated carbocycles. The van der Waals surface area contributed by atoms with Gasteiger partial charge in [0, 0.05) is 22.0 Å². The molecule has 1 aromatic heterocycles. The fraction of sp³-hybridized carbons (Fsp3) is 0.400. The zero-order valence-electron chi connectivity index (χ0n) is 11.3. The van der Waals surface area contributed by atoms with Crippen molar-refractivity contribution in [2.24, 2.45) is 5.92 Å². The summed E-state index contributed by atoms with van der Waals surface area (Å²) < 4.78 is 1.14. The molecule has 2 rings (SSSR count). The summed E-state index contributed by atoms with van der Waals surface area (Å²) in [7, 11) is 2.02. The molecule has 0 saturated heterocycles. The summed E-state index contributed by atoms with van der Waals surface area (Å²) in [5, 5.41) is 6.67. The molecule has 0 aliphatic heterocycles. The summed E-state index contributed by atoms with van der Waals surface area (Å²) in [6.07, 6.45) is 2.14. The first-order valence-electron chi connectivity index (χ1n) is 6.47. The van der Waals surface area contributed by atoms with Crippen LogP contribution in [-0.2, 0) is 12.8 Å². The Labute approximate surface area is 127 Å². The van der Waals surface area contributed by atoms with Crippen molar-refractivity contribution in [2.75, 3.05) is 13.6 Å². The van der Waals surface area contributed by atoms with E-state index in [-0.39, 0.29) is 0 Å². The van der Waals surface area contributed by atoms with Gasteiger partial charge < -0.3 is 5.32 Å². The minimum absolute atomic E-state index is 0.594. The van der Waals surface area contributed by atoms with Crippen LogP contribution in [-0.4, -0.2) is 18.6 Å². The number of nitrogens with zero attached hydrogens (tertiary/aromatic N) is 1. The van der Waals surface area contributed by atoms with E-state index >= 15 is 0 Å². The van der Waals surface area contributed by atoms with Crippen LogP contribution in [0.5, 0.6) is 0 Å². The van der Waals surface area contributed by atoms with Gasteiger partial charge in [0.05, 0.1) is 5.01 Å². The molecular weight excluding hydrogens is 320 g/mol. The first-order chi connectivity index (χ1) is 9.17. The van der Waals surface area contributed by atoms with Crippen molar-refractivity contribution in [2.45, 2.75) is 19.8 Å². The average molecular weight is 339 g/mol. The van der Waals surface area contributed by atoms with Crippen LogP contribution in [0.1, 0.15) is 16.3 Å². The molecule has 2 nitrogen and oxygen atoms in total. The van der Waals surface area contributed by atoms with Gasteiger partial charge in [-0.05, 0) is 50.6 Å². The molecule has 0 aliphatic rings. The third-order valence-electron chi connectivity index (χ3n) is 3.06. The van der Waals surface area contributed by atoms with E-state index in [1.165, 1.54) is 10.6 Å². The maximum atomic E-state index is 4.57. The summed E-state index contributed by atoms with van der Waals surface area (Å²) in [5.74, 6) is 0.594. The summed E-state index contributed by atoms with van der Waals surface area (Å²) in [5.41, 5.74) is 2.52. The highest BCUT2D eigenvalue weighted by molar-refractivity contribution is 9.10. The van der Waals surface area contributed by atoms with Gasteiger partial charge in [-0.3, -0.25) is 0 Å². The Hall–Kier alpha value is -0.710. The molecule has 0 amide bonds. The van der Waals surface area contributed by atoms with Gasteiger partial charge in [0.2, 0.25) is 0 Å². The van der Waals surface area contributed by atoms with E-state index < -0.39 is 0 Å². The Morgan fingerprint density at radius 1 is 1.26 bits per heavy atom. The maximum absolute atomic E-state index is 4.57. The molecule has 1 N–H and O–H groups in total. The molecule has 0 radical (unpaired) electrons. The second kappa shape index (κ2) is 7.17. The van der Waals surface area contributed by atoms with Gasteiger partial charge in [0.15, 0.2) is 0 Å². The van der Waals surface area contributed by atoms with Crippen molar-refractivity contribution in [3.63, 3.8) is 0 Å². The Balaban J connectivity index is 2.01. The number of hydrogen-bond donors (Lipinski definition) is 1. The normalized spacial score (nSPS) is 12.6. The number of halogens is 1. The maximum Gasteiger partial charge on any atom is 0.0931 e. The molecule has 0 bridgehead atoms. The monoisotopic (exact) mass is 338 g/mol. The molecule has 0 aliphatic carbocycles. The second-order valence-corrected chi connectivity index (χ2v) is 6.70. The van der Waals surface area contributed by atoms with Gasteiger partial charge in [-0.25, -0.2) is 4.98 Å². The third kappa shape index (κ3) is 4.71. The van der Waals surface area contributed by atoms with Crippen LogP contribution >= 0.6 is 27.3 Å². The molecular formula is C15H19BrN2S. The lowest BCUT2D eigenvalue weighted by molar-refractivity contribution is 0.492. The van der Waals surface area contributed by atoms with Crippen LogP contribution in [0.15, 0.2) is 34.1 Å². The molecule has 1 heterocycles. The van der Waals surface area contributed by atoms with E-state index in [0.29, 0.717) is 5.92 Å². The minimum atomic E-state index is 0.594. The molecule has 1 aromatic carbocycles. The topological polar surface area (TPSA) is 24.9 Å². The van der Waals surface area contributed by atoms with Crippen molar-refractivity contribution in [1.29, 1.82) is 0 Å². The van der Waals surface area contributed by atoms with Crippen molar-refractivity contribution >= 4 is 27.3 Å². The van der Waals surface area contributed by atoms with Crippen LogP contribution in [0.25, 0.3) is 0 Å². The molecule has 4 heteroatoms. The van der Waals surface area contributed by atoms with E-state index in [9.17, 15) is 0 Å². The highest BCUT2D eigenvalue weighted by Gasteiger charge is 2.12. The van der Waals surface area contributed by atoms with Crippen LogP contribution in [0.2, 0.25) is 0 Å². The van der Waals surface area contributed by atoms with E-state index in [0.717, 1.165) is 29.6 Å². The third-order valence-corrected chi connectivity index (χ3v) is 4.58. The number of rotatable bonds is 6. The fourth-order valence-corrected chi connectivity index (χ4v) is 3.35. The molecule has 0 fully saturated rings. The lowest BCUT2D eigenvalue weighted by atomic mass is 9.96. The smallest absolute Gasteiger partial charge is 0.0931 e. The van der Waals surface area contributed by atoms with E-state index in [1.807, 2.05) is 7.05 Å². The van der Waals surface area contributed by atoms with Crippen molar-refractivity contribution < 1.29 is 0 Å². The minimum Gasteiger partial charge on any atom is -0.319 e. The van der Waals surface area contributed by atoms with Crippen molar-refractivity contribution in [3.05, 3.63) is 50.4 Å². The van der Waals surface area contributed by atoms with Crippen LogP contribution in [0.3, 0.4) is 0 Å². The Bertz CT molecular complexity index is 507. The van der Waals surface area contributed by atoms with Crippen LogP contribution in [0.4, 0.5) is 0 Å². The fourth-order valence-electron chi connectivity index (χ4n) is 2.20. The van der Waals surface area contributed by atoms with Crippen LogP contribution in [0, 0.1) is 12.8 Å². The Kier molecular flexibility index (Phi) is 5.55. The number of thiazole rings is 1. The highest BCUT2D eigenvalue weighted by Crippen LogP contribution is 2.19. The highest BCUT2D eigenvalue weighted by atomic mass is 79.9. The van der Waals surface area contributed by atoms with E-state index in [4.69, 9.17) is 0 Å². The number of aromatic nitrogens is 1. The number of nitrogens with one attached hydrogen (secondary N) is 1. The molecule has 0 spiro atoms. The van der Waals surface area contributed by atoms with Crippen LogP contribution < -0.4 is 5.32 Å². The first-order valence-corrected chi connectivity index (χ1v) is 8.14. The number of aryl methyl sites for hydroxylation is 1. The van der Waals surface area contributed by atoms with Gasteiger partial charge in [0.1, 0.15) is 0 Å². The summed E-state index contributed by atoms with van der Waals surface area (Å²) >= 11 is 5.25. The Morgan fingerprint density at radius 2 is 2.00 bits per heavy atom. The second-order valence-electron chi connectivity index (χ2n) is 4.84. The zero-order valence-corrected chi connectivity index (χ0v) is 13.7. The number of benzene rings is 1. The predicted octanol–water partition coefficient (Wildman–Crippen LogP) is 3.83. The van der Waals surface area contributed by atoms with E-state index in [1.54, 1.807) is 11.3 Å². The first kappa shape index (κ1) is 14.7. The van der Waals surface area contributed by atoms with E-state index in [2.05, 4.69) is 62.8 Å². The molecule has 1 unspecified atom stereocenters.